The molecular weight excluding hydrogens is 222 g/mol. The van der Waals surface area contributed by atoms with Crippen molar-refractivity contribution in [3.63, 3.8) is 0 Å². The second-order valence-corrected chi connectivity index (χ2v) is 6.84. The molecule has 0 aromatic carbocycles. The Kier molecular flexibility index (Phi) is 4.68. The van der Waals surface area contributed by atoms with E-state index in [1.54, 1.807) is 0 Å². The molecule has 18 heavy (non-hydrogen) atoms. The van der Waals surface area contributed by atoms with Gasteiger partial charge in [-0.05, 0) is 52.2 Å². The van der Waals surface area contributed by atoms with Gasteiger partial charge in [-0.1, -0.05) is 13.8 Å². The van der Waals surface area contributed by atoms with Gasteiger partial charge in [0.2, 0.25) is 0 Å². The van der Waals surface area contributed by atoms with E-state index in [0.29, 0.717) is 6.04 Å². The number of likely N-dealkylation sites (tertiary alicyclic amines) is 1. The zero-order valence-electron chi connectivity index (χ0n) is 12.8. The van der Waals surface area contributed by atoms with Gasteiger partial charge in [-0.2, -0.15) is 0 Å². The van der Waals surface area contributed by atoms with E-state index < -0.39 is 0 Å². The van der Waals surface area contributed by atoms with Crippen molar-refractivity contribution < 1.29 is 0 Å². The molecule has 106 valence electrons. The molecule has 0 aromatic heterocycles. The van der Waals surface area contributed by atoms with Crippen LogP contribution in [0.2, 0.25) is 0 Å². The second-order valence-electron chi connectivity index (χ2n) is 6.84. The second kappa shape index (κ2) is 5.89. The van der Waals surface area contributed by atoms with Crippen LogP contribution in [0, 0.1) is 11.8 Å². The first-order valence-corrected chi connectivity index (χ1v) is 7.60. The lowest BCUT2D eigenvalue weighted by atomic mass is 9.82. The molecule has 1 saturated heterocycles. The molecule has 1 aliphatic heterocycles. The molecule has 0 aromatic rings. The fourth-order valence-electron chi connectivity index (χ4n) is 4.02. The molecule has 3 nitrogen and oxygen atoms in total. The SMILES string of the molecule is CNC1CCC(C)CC1N1CC(C)C(N(C)C)C1. The minimum absolute atomic E-state index is 0.703. The third-order valence-electron chi connectivity index (χ3n) is 5.18. The van der Waals surface area contributed by atoms with Gasteiger partial charge in [0, 0.05) is 31.2 Å². The molecule has 1 aliphatic carbocycles. The van der Waals surface area contributed by atoms with Gasteiger partial charge < -0.3 is 10.2 Å². The lowest BCUT2D eigenvalue weighted by Gasteiger charge is -2.40. The fraction of sp³-hybridized carbons (Fsp3) is 1.00. The summed E-state index contributed by atoms with van der Waals surface area (Å²) in [5.74, 6) is 1.70. The average molecular weight is 253 g/mol. The standard InChI is InChI=1S/C15H31N3/c1-11-6-7-13(16-3)14(8-11)18-9-12(2)15(10-18)17(4)5/h11-16H,6-10H2,1-5H3. The maximum absolute atomic E-state index is 3.56. The smallest absolute Gasteiger partial charge is 0.0254 e. The van der Waals surface area contributed by atoms with Crippen molar-refractivity contribution in [3.8, 4) is 0 Å². The summed E-state index contributed by atoms with van der Waals surface area (Å²) in [6.07, 6.45) is 4.11. The predicted molar refractivity (Wildman–Crippen MR) is 77.9 cm³/mol. The topological polar surface area (TPSA) is 18.5 Å². The Labute approximate surface area is 113 Å². The van der Waals surface area contributed by atoms with Gasteiger partial charge in [0.25, 0.3) is 0 Å². The number of rotatable bonds is 3. The minimum Gasteiger partial charge on any atom is -0.315 e. The number of hydrogen-bond acceptors (Lipinski definition) is 3. The van der Waals surface area contributed by atoms with Crippen LogP contribution < -0.4 is 5.32 Å². The van der Waals surface area contributed by atoms with Gasteiger partial charge in [0.1, 0.15) is 0 Å². The van der Waals surface area contributed by atoms with Crippen LogP contribution in [0.4, 0.5) is 0 Å². The highest BCUT2D eigenvalue weighted by Gasteiger charge is 2.39. The van der Waals surface area contributed by atoms with Gasteiger partial charge in [-0.25, -0.2) is 0 Å². The highest BCUT2D eigenvalue weighted by molar-refractivity contribution is 4.96. The van der Waals surface area contributed by atoms with Crippen LogP contribution in [0.15, 0.2) is 0 Å². The van der Waals surface area contributed by atoms with Crippen molar-refractivity contribution in [2.24, 2.45) is 11.8 Å². The number of hydrogen-bond donors (Lipinski definition) is 1. The van der Waals surface area contributed by atoms with Gasteiger partial charge in [0.05, 0.1) is 0 Å². The lowest BCUT2D eigenvalue weighted by Crippen LogP contribution is -2.52. The van der Waals surface area contributed by atoms with E-state index in [-0.39, 0.29) is 0 Å². The van der Waals surface area contributed by atoms with E-state index in [0.717, 1.165) is 23.9 Å². The van der Waals surface area contributed by atoms with Crippen LogP contribution in [0.1, 0.15) is 33.1 Å². The molecule has 0 spiro atoms. The molecule has 2 fully saturated rings. The van der Waals surface area contributed by atoms with Gasteiger partial charge in [-0.3, -0.25) is 4.90 Å². The molecule has 1 saturated carbocycles. The molecule has 0 bridgehead atoms. The van der Waals surface area contributed by atoms with Crippen LogP contribution in [-0.2, 0) is 0 Å². The molecule has 0 amide bonds. The first kappa shape index (κ1) is 14.3. The zero-order chi connectivity index (χ0) is 13.3. The molecule has 0 radical (unpaired) electrons. The highest BCUT2D eigenvalue weighted by Crippen LogP contribution is 2.32. The summed E-state index contributed by atoms with van der Waals surface area (Å²) in [7, 11) is 6.59. The van der Waals surface area contributed by atoms with Crippen LogP contribution in [-0.4, -0.2) is 62.2 Å². The van der Waals surface area contributed by atoms with Crippen molar-refractivity contribution in [1.82, 2.24) is 15.1 Å². The van der Waals surface area contributed by atoms with E-state index in [1.807, 2.05) is 0 Å². The van der Waals surface area contributed by atoms with E-state index >= 15 is 0 Å². The van der Waals surface area contributed by atoms with Crippen molar-refractivity contribution in [2.45, 2.75) is 51.2 Å². The Morgan fingerprint density at radius 3 is 2.39 bits per heavy atom. The molecular formula is C15H31N3. The minimum atomic E-state index is 0.703. The highest BCUT2D eigenvalue weighted by atomic mass is 15.3. The molecule has 1 heterocycles. The Bertz CT molecular complexity index is 266. The molecule has 2 rings (SSSR count). The molecule has 5 unspecified atom stereocenters. The summed E-state index contributed by atoms with van der Waals surface area (Å²) in [6, 6.07) is 2.19. The average Bonchev–Trinajstić information content (AvgIpc) is 2.71. The maximum Gasteiger partial charge on any atom is 0.0254 e. The van der Waals surface area contributed by atoms with Crippen molar-refractivity contribution in [3.05, 3.63) is 0 Å². The van der Waals surface area contributed by atoms with E-state index in [4.69, 9.17) is 0 Å². The quantitative estimate of drug-likeness (QED) is 0.825. The summed E-state index contributed by atoms with van der Waals surface area (Å²) in [5, 5.41) is 3.56. The van der Waals surface area contributed by atoms with E-state index in [2.05, 4.69) is 50.1 Å². The summed E-state index contributed by atoms with van der Waals surface area (Å²) in [4.78, 5) is 5.16. The van der Waals surface area contributed by atoms with Gasteiger partial charge in [-0.15, -0.1) is 0 Å². The largest absolute Gasteiger partial charge is 0.315 e. The Balaban J connectivity index is 2.01. The maximum atomic E-state index is 3.56. The van der Waals surface area contributed by atoms with Gasteiger partial charge >= 0.3 is 0 Å². The first-order valence-electron chi connectivity index (χ1n) is 7.60. The molecule has 1 N–H and O–H groups in total. The monoisotopic (exact) mass is 253 g/mol. The summed E-state index contributed by atoms with van der Waals surface area (Å²) in [5.41, 5.74) is 0. The van der Waals surface area contributed by atoms with E-state index in [9.17, 15) is 0 Å². The Morgan fingerprint density at radius 2 is 1.83 bits per heavy atom. The lowest BCUT2D eigenvalue weighted by molar-refractivity contribution is 0.119. The Hall–Kier alpha value is -0.120. The third kappa shape index (κ3) is 2.89. The third-order valence-corrected chi connectivity index (χ3v) is 5.18. The summed E-state index contributed by atoms with van der Waals surface area (Å²) in [6.45, 7) is 7.36. The molecule has 5 atom stereocenters. The summed E-state index contributed by atoms with van der Waals surface area (Å²) >= 11 is 0. The number of likely N-dealkylation sites (N-methyl/N-ethyl adjacent to an activating group) is 2. The number of nitrogens with one attached hydrogen (secondary N) is 1. The van der Waals surface area contributed by atoms with Crippen LogP contribution in [0.3, 0.4) is 0 Å². The predicted octanol–water partition coefficient (Wildman–Crippen LogP) is 1.64. The number of nitrogens with zero attached hydrogens (tertiary/aromatic N) is 2. The normalized spacial score (nSPS) is 42.7. The van der Waals surface area contributed by atoms with E-state index in [1.165, 1.54) is 32.4 Å². The fourth-order valence-corrected chi connectivity index (χ4v) is 4.02. The van der Waals surface area contributed by atoms with Crippen molar-refractivity contribution in [2.75, 3.05) is 34.2 Å². The van der Waals surface area contributed by atoms with Crippen LogP contribution >= 0.6 is 0 Å². The Morgan fingerprint density at radius 1 is 1.11 bits per heavy atom. The van der Waals surface area contributed by atoms with Crippen molar-refractivity contribution in [1.29, 1.82) is 0 Å². The van der Waals surface area contributed by atoms with Crippen molar-refractivity contribution >= 4 is 0 Å². The summed E-state index contributed by atoms with van der Waals surface area (Å²) < 4.78 is 0. The zero-order valence-corrected chi connectivity index (χ0v) is 12.8. The van der Waals surface area contributed by atoms with Crippen LogP contribution in [0.5, 0.6) is 0 Å². The van der Waals surface area contributed by atoms with Crippen LogP contribution in [0.25, 0.3) is 0 Å². The first-order chi connectivity index (χ1) is 8.52. The molecule has 3 heteroatoms. The molecule has 2 aliphatic rings. The van der Waals surface area contributed by atoms with Gasteiger partial charge in [0.15, 0.2) is 0 Å².